The Hall–Kier alpha value is -1.76. The molecule has 2 rings (SSSR count). The summed E-state index contributed by atoms with van der Waals surface area (Å²) in [6.45, 7) is 6.21. The summed E-state index contributed by atoms with van der Waals surface area (Å²) < 4.78 is 27.8. The van der Waals surface area contributed by atoms with Crippen molar-refractivity contribution in [2.75, 3.05) is 11.3 Å². The Balaban J connectivity index is 2.35. The van der Waals surface area contributed by atoms with Crippen LogP contribution in [0.15, 0.2) is 41.3 Å². The second-order valence-electron chi connectivity index (χ2n) is 6.28. The van der Waals surface area contributed by atoms with Crippen LogP contribution in [-0.2, 0) is 10.0 Å². The highest BCUT2D eigenvalue weighted by Crippen LogP contribution is 2.32. The van der Waals surface area contributed by atoms with Crippen LogP contribution >= 0.6 is 23.2 Å². The number of benzene rings is 2. The molecule has 26 heavy (non-hydrogen) atoms. The van der Waals surface area contributed by atoms with Crippen LogP contribution in [0.25, 0.3) is 0 Å². The summed E-state index contributed by atoms with van der Waals surface area (Å²) >= 11 is 12.1. The Kier molecular flexibility index (Phi) is 6.55. The maximum absolute atomic E-state index is 12.7. The molecule has 5 nitrogen and oxygen atoms in total. The van der Waals surface area contributed by atoms with Crippen molar-refractivity contribution in [3.8, 4) is 0 Å². The van der Waals surface area contributed by atoms with Crippen LogP contribution in [-0.4, -0.2) is 20.9 Å². The second kappa shape index (κ2) is 8.29. The third-order valence-electron chi connectivity index (χ3n) is 3.63. The van der Waals surface area contributed by atoms with Gasteiger partial charge in [-0.05, 0) is 42.7 Å². The molecule has 0 saturated heterocycles. The number of rotatable bonds is 6. The number of para-hydroxylation sites is 1. The number of aryl methyl sites for hydroxylation is 1. The monoisotopic (exact) mass is 414 g/mol. The highest BCUT2D eigenvalue weighted by molar-refractivity contribution is 7.92. The van der Waals surface area contributed by atoms with Crippen molar-refractivity contribution in [2.45, 2.75) is 25.7 Å². The number of halogens is 2. The van der Waals surface area contributed by atoms with E-state index in [-0.39, 0.29) is 32.5 Å². The molecule has 8 heteroatoms. The van der Waals surface area contributed by atoms with Crippen molar-refractivity contribution in [1.29, 1.82) is 0 Å². The van der Waals surface area contributed by atoms with Crippen molar-refractivity contribution < 1.29 is 13.2 Å². The smallest absolute Gasteiger partial charge is 0.262 e. The Morgan fingerprint density at radius 2 is 1.73 bits per heavy atom. The van der Waals surface area contributed by atoms with Crippen LogP contribution in [0.2, 0.25) is 10.0 Å². The van der Waals surface area contributed by atoms with Gasteiger partial charge in [0.05, 0.1) is 20.6 Å². The van der Waals surface area contributed by atoms with Gasteiger partial charge in [0.2, 0.25) is 0 Å². The van der Waals surface area contributed by atoms with E-state index in [1.165, 1.54) is 24.3 Å². The van der Waals surface area contributed by atoms with Gasteiger partial charge in [-0.1, -0.05) is 49.2 Å². The van der Waals surface area contributed by atoms with E-state index < -0.39 is 10.0 Å². The minimum Gasteiger partial charge on any atom is -0.352 e. The molecule has 2 aromatic carbocycles. The van der Waals surface area contributed by atoms with Gasteiger partial charge < -0.3 is 5.32 Å². The van der Waals surface area contributed by atoms with Crippen molar-refractivity contribution in [3.63, 3.8) is 0 Å². The average molecular weight is 415 g/mol. The molecule has 0 fully saturated rings. The number of anilines is 1. The molecule has 1 amide bonds. The van der Waals surface area contributed by atoms with Gasteiger partial charge in [0.25, 0.3) is 15.9 Å². The molecule has 0 radical (unpaired) electrons. The normalized spacial score (nSPS) is 11.5. The van der Waals surface area contributed by atoms with Gasteiger partial charge in [0.1, 0.15) is 0 Å². The van der Waals surface area contributed by atoms with Crippen molar-refractivity contribution in [2.24, 2.45) is 5.92 Å². The maximum Gasteiger partial charge on any atom is 0.262 e. The summed E-state index contributed by atoms with van der Waals surface area (Å²) in [4.78, 5) is 12.3. The van der Waals surface area contributed by atoms with Crippen LogP contribution in [0.4, 0.5) is 5.69 Å². The molecule has 0 unspecified atom stereocenters. The standard InChI is InChI=1S/C18H20Cl2N2O3S/c1-11(2)10-21-18(23)14-9-13(8-7-12(14)3)26(24,25)22-17-15(19)5-4-6-16(17)20/h4-9,11,22H,10H2,1-3H3,(H,21,23). The summed E-state index contributed by atoms with van der Waals surface area (Å²) in [5.74, 6) is -0.0285. The van der Waals surface area contributed by atoms with Gasteiger partial charge in [-0.15, -0.1) is 0 Å². The first-order valence-electron chi connectivity index (χ1n) is 7.97. The lowest BCUT2D eigenvalue weighted by Gasteiger charge is -2.14. The van der Waals surface area contributed by atoms with Gasteiger partial charge in [-0.3, -0.25) is 9.52 Å². The van der Waals surface area contributed by atoms with E-state index in [1.807, 2.05) is 13.8 Å². The molecule has 0 spiro atoms. The number of nitrogens with one attached hydrogen (secondary N) is 2. The minimum atomic E-state index is -3.96. The van der Waals surface area contributed by atoms with Crippen LogP contribution in [0.3, 0.4) is 0 Å². The zero-order chi connectivity index (χ0) is 19.5. The lowest BCUT2D eigenvalue weighted by atomic mass is 10.1. The highest BCUT2D eigenvalue weighted by atomic mass is 35.5. The molecule has 0 atom stereocenters. The van der Waals surface area contributed by atoms with E-state index >= 15 is 0 Å². The molecule has 2 aromatic rings. The van der Waals surface area contributed by atoms with Gasteiger partial charge >= 0.3 is 0 Å². The van der Waals surface area contributed by atoms with Gasteiger partial charge in [-0.25, -0.2) is 8.42 Å². The summed E-state index contributed by atoms with van der Waals surface area (Å²) in [6, 6.07) is 9.05. The summed E-state index contributed by atoms with van der Waals surface area (Å²) in [7, 11) is -3.96. The van der Waals surface area contributed by atoms with E-state index in [9.17, 15) is 13.2 Å². The van der Waals surface area contributed by atoms with Crippen molar-refractivity contribution in [1.82, 2.24) is 5.32 Å². The summed E-state index contributed by atoms with van der Waals surface area (Å²) in [5.41, 5.74) is 1.09. The molecule has 0 bridgehead atoms. The van der Waals surface area contributed by atoms with Crippen LogP contribution < -0.4 is 10.0 Å². The number of carbonyl (C=O) groups excluding carboxylic acids is 1. The zero-order valence-electron chi connectivity index (χ0n) is 14.6. The Labute approximate surface area is 163 Å². The fraction of sp³-hybridized carbons (Fsp3) is 0.278. The van der Waals surface area contributed by atoms with Crippen molar-refractivity contribution in [3.05, 3.63) is 57.6 Å². The highest BCUT2D eigenvalue weighted by Gasteiger charge is 2.20. The largest absolute Gasteiger partial charge is 0.352 e. The minimum absolute atomic E-state index is 0.0474. The van der Waals surface area contributed by atoms with Gasteiger partial charge in [0.15, 0.2) is 0 Å². The number of hydrogen-bond acceptors (Lipinski definition) is 3. The van der Waals surface area contributed by atoms with Crippen LogP contribution in [0.5, 0.6) is 0 Å². The molecule has 0 aliphatic carbocycles. The number of sulfonamides is 1. The quantitative estimate of drug-likeness (QED) is 0.730. The molecular weight excluding hydrogens is 395 g/mol. The summed E-state index contributed by atoms with van der Waals surface area (Å²) in [5, 5.41) is 3.16. The van der Waals surface area contributed by atoms with Gasteiger partial charge in [-0.2, -0.15) is 0 Å². The molecule has 0 heterocycles. The molecule has 140 valence electrons. The lowest BCUT2D eigenvalue weighted by Crippen LogP contribution is -2.28. The average Bonchev–Trinajstić information content (AvgIpc) is 2.56. The van der Waals surface area contributed by atoms with E-state index in [2.05, 4.69) is 10.0 Å². The van der Waals surface area contributed by atoms with Crippen molar-refractivity contribution >= 4 is 44.8 Å². The molecule has 0 aliphatic rings. The van der Waals surface area contributed by atoms with E-state index in [4.69, 9.17) is 23.2 Å². The number of amides is 1. The van der Waals surface area contributed by atoms with E-state index in [0.717, 1.165) is 0 Å². The third-order valence-corrected chi connectivity index (χ3v) is 5.61. The molecule has 0 saturated carbocycles. The predicted octanol–water partition coefficient (Wildman–Crippen LogP) is 4.49. The Bertz CT molecular complexity index is 908. The first-order valence-corrected chi connectivity index (χ1v) is 10.2. The molecular formula is C18H20Cl2N2O3S. The second-order valence-corrected chi connectivity index (χ2v) is 8.78. The molecule has 2 N–H and O–H groups in total. The maximum atomic E-state index is 12.7. The van der Waals surface area contributed by atoms with E-state index in [0.29, 0.717) is 17.7 Å². The fourth-order valence-electron chi connectivity index (χ4n) is 2.19. The van der Waals surface area contributed by atoms with Gasteiger partial charge in [0, 0.05) is 12.1 Å². The summed E-state index contributed by atoms with van der Waals surface area (Å²) in [6.07, 6.45) is 0. The number of hydrogen-bond donors (Lipinski definition) is 2. The fourth-order valence-corrected chi connectivity index (χ4v) is 3.92. The first-order chi connectivity index (χ1) is 12.1. The molecule has 0 aromatic heterocycles. The zero-order valence-corrected chi connectivity index (χ0v) is 17.0. The number of carbonyl (C=O) groups is 1. The van der Waals surface area contributed by atoms with Crippen LogP contribution in [0, 0.1) is 12.8 Å². The Morgan fingerprint density at radius 1 is 1.12 bits per heavy atom. The third kappa shape index (κ3) is 4.90. The predicted molar refractivity (Wildman–Crippen MR) is 106 cm³/mol. The Morgan fingerprint density at radius 3 is 2.31 bits per heavy atom. The van der Waals surface area contributed by atoms with E-state index in [1.54, 1.807) is 19.1 Å². The lowest BCUT2D eigenvalue weighted by molar-refractivity contribution is 0.0948. The topological polar surface area (TPSA) is 75.3 Å². The molecule has 0 aliphatic heterocycles. The van der Waals surface area contributed by atoms with Crippen LogP contribution in [0.1, 0.15) is 29.8 Å². The SMILES string of the molecule is Cc1ccc(S(=O)(=O)Nc2c(Cl)cccc2Cl)cc1C(=O)NCC(C)C. The first kappa shape index (κ1) is 20.6.